The van der Waals surface area contributed by atoms with E-state index in [-0.39, 0.29) is 11.3 Å². The number of carbonyl (C=O) groups excluding carboxylic acids is 2. The maximum Gasteiger partial charge on any atom is 0.269 e. The van der Waals surface area contributed by atoms with Gasteiger partial charge in [0.1, 0.15) is 5.75 Å². The summed E-state index contributed by atoms with van der Waals surface area (Å²) in [5.41, 5.74) is 6.85. The zero-order valence-corrected chi connectivity index (χ0v) is 16.2. The van der Waals surface area contributed by atoms with Crippen molar-refractivity contribution < 1.29 is 14.3 Å². The molecule has 5 nitrogen and oxygen atoms in total. The first-order valence-electron chi connectivity index (χ1n) is 7.77. The van der Waals surface area contributed by atoms with E-state index in [1.165, 1.54) is 0 Å². The number of carbonyl (C=O) groups is 2. The van der Waals surface area contributed by atoms with Crippen molar-refractivity contribution in [2.45, 2.75) is 26.2 Å². The van der Waals surface area contributed by atoms with Gasteiger partial charge in [-0.05, 0) is 57.2 Å². The van der Waals surface area contributed by atoms with Crippen molar-refractivity contribution in [2.75, 3.05) is 7.11 Å². The van der Waals surface area contributed by atoms with E-state index in [9.17, 15) is 9.59 Å². The predicted molar refractivity (Wildman–Crippen MR) is 101 cm³/mol. The molecule has 0 saturated heterocycles. The first-order chi connectivity index (χ1) is 11.7. The van der Waals surface area contributed by atoms with Crippen LogP contribution in [0.1, 0.15) is 47.1 Å². The predicted octanol–water partition coefficient (Wildman–Crippen LogP) is 3.83. The summed E-state index contributed by atoms with van der Waals surface area (Å²) in [7, 11) is 1.55. The Bertz CT molecular complexity index is 780. The summed E-state index contributed by atoms with van der Waals surface area (Å²) in [5.74, 6) is -0.163. The molecule has 6 heteroatoms. The molecule has 2 rings (SSSR count). The fourth-order valence-electron chi connectivity index (χ4n) is 2.19. The topological polar surface area (TPSA) is 67.4 Å². The molecule has 0 aliphatic carbocycles. The number of methoxy groups -OCH3 is 1. The molecule has 132 valence electrons. The first-order valence-corrected chi connectivity index (χ1v) is 8.56. The summed E-state index contributed by atoms with van der Waals surface area (Å²) in [5, 5.41) is 0. The van der Waals surface area contributed by atoms with Gasteiger partial charge >= 0.3 is 0 Å². The highest BCUT2D eigenvalue weighted by molar-refractivity contribution is 9.10. The van der Waals surface area contributed by atoms with Crippen molar-refractivity contribution in [1.82, 2.24) is 10.9 Å². The third kappa shape index (κ3) is 4.82. The van der Waals surface area contributed by atoms with Crippen LogP contribution in [0.25, 0.3) is 0 Å². The Hall–Kier alpha value is -2.34. The third-order valence-corrected chi connectivity index (χ3v) is 4.34. The molecule has 2 amide bonds. The molecule has 2 aromatic carbocycles. The van der Waals surface area contributed by atoms with Crippen molar-refractivity contribution in [2.24, 2.45) is 0 Å². The molecular formula is C19H21BrN2O3. The highest BCUT2D eigenvalue weighted by Gasteiger charge is 2.15. The van der Waals surface area contributed by atoms with E-state index in [4.69, 9.17) is 4.74 Å². The van der Waals surface area contributed by atoms with Gasteiger partial charge in [0.05, 0.1) is 11.6 Å². The average molecular weight is 405 g/mol. The van der Waals surface area contributed by atoms with Gasteiger partial charge in [0.2, 0.25) is 0 Å². The monoisotopic (exact) mass is 404 g/mol. The number of halogens is 1. The number of ether oxygens (including phenoxy) is 1. The minimum atomic E-state index is -0.414. The van der Waals surface area contributed by atoms with Gasteiger partial charge in [0, 0.05) is 11.1 Å². The Balaban J connectivity index is 1.99. The second-order valence-corrected chi connectivity index (χ2v) is 7.44. The molecule has 0 aliphatic heterocycles. The number of rotatable bonds is 3. The molecule has 25 heavy (non-hydrogen) atoms. The highest BCUT2D eigenvalue weighted by atomic mass is 79.9. The number of hydrogen-bond donors (Lipinski definition) is 2. The third-order valence-electron chi connectivity index (χ3n) is 3.72. The Labute approximate surface area is 155 Å². The molecule has 0 fully saturated rings. The second-order valence-electron chi connectivity index (χ2n) is 6.58. The Morgan fingerprint density at radius 2 is 1.44 bits per heavy atom. The maximum absolute atomic E-state index is 12.2. The Morgan fingerprint density at radius 1 is 0.920 bits per heavy atom. The number of amides is 2. The summed E-state index contributed by atoms with van der Waals surface area (Å²) in [6, 6.07) is 12.2. The van der Waals surface area contributed by atoms with Crippen LogP contribution in [0, 0.1) is 0 Å². The SMILES string of the molecule is COc1ccc(C(=O)NNC(=O)c2ccc(C(C)(C)C)cc2)cc1Br. The Morgan fingerprint density at radius 3 is 1.92 bits per heavy atom. The average Bonchev–Trinajstić information content (AvgIpc) is 2.58. The Kier molecular flexibility index (Phi) is 5.85. The van der Waals surface area contributed by atoms with Crippen LogP contribution in [-0.4, -0.2) is 18.9 Å². The zero-order chi connectivity index (χ0) is 18.6. The molecule has 0 bridgehead atoms. The molecule has 0 unspecified atom stereocenters. The van der Waals surface area contributed by atoms with E-state index in [0.717, 1.165) is 5.56 Å². The van der Waals surface area contributed by atoms with Crippen molar-refractivity contribution in [3.05, 3.63) is 63.6 Å². The maximum atomic E-state index is 12.2. The van der Waals surface area contributed by atoms with Gasteiger partial charge in [-0.3, -0.25) is 20.4 Å². The van der Waals surface area contributed by atoms with E-state index >= 15 is 0 Å². The second kappa shape index (κ2) is 7.70. The van der Waals surface area contributed by atoms with Crippen molar-refractivity contribution in [3.8, 4) is 5.75 Å². The number of hydrogen-bond acceptors (Lipinski definition) is 3. The molecule has 0 aromatic heterocycles. The van der Waals surface area contributed by atoms with Crippen LogP contribution in [-0.2, 0) is 5.41 Å². The van der Waals surface area contributed by atoms with Gasteiger partial charge in [0.15, 0.2) is 0 Å². The molecule has 0 aliphatic rings. The van der Waals surface area contributed by atoms with Crippen LogP contribution in [0.5, 0.6) is 5.75 Å². The van der Waals surface area contributed by atoms with Crippen LogP contribution >= 0.6 is 15.9 Å². The van der Waals surface area contributed by atoms with Crippen molar-refractivity contribution >= 4 is 27.7 Å². The summed E-state index contributed by atoms with van der Waals surface area (Å²) in [6.07, 6.45) is 0. The summed E-state index contributed by atoms with van der Waals surface area (Å²) < 4.78 is 5.78. The molecule has 2 aromatic rings. The minimum Gasteiger partial charge on any atom is -0.496 e. The van der Waals surface area contributed by atoms with Gasteiger partial charge < -0.3 is 4.74 Å². The van der Waals surface area contributed by atoms with Crippen LogP contribution in [0.15, 0.2) is 46.9 Å². The molecule has 0 spiro atoms. The quantitative estimate of drug-likeness (QED) is 0.763. The fourth-order valence-corrected chi connectivity index (χ4v) is 2.73. The van der Waals surface area contributed by atoms with Crippen LogP contribution in [0.3, 0.4) is 0 Å². The van der Waals surface area contributed by atoms with Gasteiger partial charge in [-0.15, -0.1) is 0 Å². The van der Waals surface area contributed by atoms with Crippen LogP contribution in [0.2, 0.25) is 0 Å². The lowest BCUT2D eigenvalue weighted by atomic mass is 9.87. The van der Waals surface area contributed by atoms with Crippen LogP contribution in [0.4, 0.5) is 0 Å². The highest BCUT2D eigenvalue weighted by Crippen LogP contribution is 2.25. The van der Waals surface area contributed by atoms with E-state index < -0.39 is 5.91 Å². The number of nitrogens with one attached hydrogen (secondary N) is 2. The zero-order valence-electron chi connectivity index (χ0n) is 14.6. The van der Waals surface area contributed by atoms with E-state index in [1.54, 1.807) is 37.4 Å². The fraction of sp³-hybridized carbons (Fsp3) is 0.263. The molecule has 0 saturated carbocycles. The summed E-state index contributed by atoms with van der Waals surface area (Å²) in [6.45, 7) is 6.32. The normalized spacial score (nSPS) is 10.9. The molecule has 0 atom stereocenters. The molecule has 0 radical (unpaired) electrons. The smallest absolute Gasteiger partial charge is 0.269 e. The largest absolute Gasteiger partial charge is 0.496 e. The van der Waals surface area contributed by atoms with Crippen LogP contribution < -0.4 is 15.6 Å². The first kappa shape index (κ1) is 19.0. The van der Waals surface area contributed by atoms with E-state index in [2.05, 4.69) is 47.6 Å². The lowest BCUT2D eigenvalue weighted by molar-refractivity contribution is 0.0846. The lowest BCUT2D eigenvalue weighted by Gasteiger charge is -2.19. The standard InChI is InChI=1S/C19H21BrN2O3/c1-19(2,3)14-8-5-12(6-9-14)17(23)21-22-18(24)13-7-10-16(25-4)15(20)11-13/h5-11H,1-4H3,(H,21,23)(H,22,24). The van der Waals surface area contributed by atoms with Crippen molar-refractivity contribution in [3.63, 3.8) is 0 Å². The molecular weight excluding hydrogens is 384 g/mol. The molecule has 2 N–H and O–H groups in total. The van der Waals surface area contributed by atoms with Crippen molar-refractivity contribution in [1.29, 1.82) is 0 Å². The summed E-state index contributed by atoms with van der Waals surface area (Å²) >= 11 is 3.32. The number of benzene rings is 2. The minimum absolute atomic E-state index is 0.0188. The van der Waals surface area contributed by atoms with E-state index in [0.29, 0.717) is 21.3 Å². The van der Waals surface area contributed by atoms with E-state index in [1.807, 2.05) is 12.1 Å². The van der Waals surface area contributed by atoms with Gasteiger partial charge in [-0.25, -0.2) is 0 Å². The lowest BCUT2D eigenvalue weighted by Crippen LogP contribution is -2.41. The van der Waals surface area contributed by atoms with Gasteiger partial charge in [-0.1, -0.05) is 32.9 Å². The van der Waals surface area contributed by atoms with Gasteiger partial charge in [-0.2, -0.15) is 0 Å². The van der Waals surface area contributed by atoms with Gasteiger partial charge in [0.25, 0.3) is 11.8 Å². The summed E-state index contributed by atoms with van der Waals surface area (Å²) in [4.78, 5) is 24.3. The molecule has 0 heterocycles. The number of hydrazine groups is 1.